The minimum absolute atomic E-state index is 1.07. The minimum atomic E-state index is 1.07. The zero-order valence-electron chi connectivity index (χ0n) is 9.44. The lowest BCUT2D eigenvalue weighted by Crippen LogP contribution is -1.78. The van der Waals surface area contributed by atoms with E-state index in [0.29, 0.717) is 0 Å². The van der Waals surface area contributed by atoms with Crippen molar-refractivity contribution in [3.8, 4) is 0 Å². The predicted octanol–water partition coefficient (Wildman–Crippen LogP) is 3.09. The SMILES string of the molecule is Cc1ccccn1.Cc1ccnc(C)c1. The normalized spacial score (nSPS) is 9.00. The van der Waals surface area contributed by atoms with Crippen molar-refractivity contribution in [3.05, 3.63) is 59.7 Å². The molecule has 15 heavy (non-hydrogen) atoms. The predicted molar refractivity (Wildman–Crippen MR) is 62.7 cm³/mol. The maximum Gasteiger partial charge on any atom is 0.0375 e. The molecule has 0 saturated heterocycles. The van der Waals surface area contributed by atoms with Crippen LogP contribution in [0.2, 0.25) is 0 Å². The lowest BCUT2D eigenvalue weighted by Gasteiger charge is -1.90. The first-order valence-electron chi connectivity index (χ1n) is 4.95. The van der Waals surface area contributed by atoms with E-state index in [1.54, 1.807) is 6.20 Å². The van der Waals surface area contributed by atoms with Gasteiger partial charge in [0.2, 0.25) is 0 Å². The number of aryl methyl sites for hydroxylation is 3. The largest absolute Gasteiger partial charge is 0.262 e. The topological polar surface area (TPSA) is 25.8 Å². The summed E-state index contributed by atoms with van der Waals surface area (Å²) in [6.07, 6.45) is 3.61. The molecular formula is C13H16N2. The fourth-order valence-corrected chi connectivity index (χ4v) is 1.14. The first-order chi connectivity index (χ1) is 7.18. The summed E-state index contributed by atoms with van der Waals surface area (Å²) in [4.78, 5) is 8.02. The van der Waals surface area contributed by atoms with Gasteiger partial charge < -0.3 is 0 Å². The molecule has 0 fully saturated rings. The van der Waals surface area contributed by atoms with Gasteiger partial charge in [-0.1, -0.05) is 6.07 Å². The molecule has 0 aliphatic carbocycles. The van der Waals surface area contributed by atoms with Gasteiger partial charge in [0.25, 0.3) is 0 Å². The van der Waals surface area contributed by atoms with Crippen LogP contribution in [0.4, 0.5) is 0 Å². The lowest BCUT2D eigenvalue weighted by molar-refractivity contribution is 1.18. The zero-order valence-corrected chi connectivity index (χ0v) is 9.44. The molecule has 2 heteroatoms. The van der Waals surface area contributed by atoms with E-state index in [-0.39, 0.29) is 0 Å². The van der Waals surface area contributed by atoms with Crippen LogP contribution in [-0.2, 0) is 0 Å². The second-order valence-electron chi connectivity index (χ2n) is 3.45. The van der Waals surface area contributed by atoms with Crippen molar-refractivity contribution in [2.45, 2.75) is 20.8 Å². The van der Waals surface area contributed by atoms with Crippen LogP contribution in [0, 0.1) is 20.8 Å². The Morgan fingerprint density at radius 2 is 1.53 bits per heavy atom. The zero-order chi connectivity index (χ0) is 11.1. The summed E-state index contributed by atoms with van der Waals surface area (Å²) >= 11 is 0. The van der Waals surface area contributed by atoms with Gasteiger partial charge in [-0.25, -0.2) is 0 Å². The van der Waals surface area contributed by atoms with Gasteiger partial charge in [0.05, 0.1) is 0 Å². The number of hydrogen-bond donors (Lipinski definition) is 0. The number of hydrogen-bond acceptors (Lipinski definition) is 2. The van der Waals surface area contributed by atoms with Crippen LogP contribution in [0.15, 0.2) is 42.7 Å². The monoisotopic (exact) mass is 200 g/mol. The molecule has 2 aromatic heterocycles. The van der Waals surface area contributed by atoms with Crippen LogP contribution < -0.4 is 0 Å². The van der Waals surface area contributed by atoms with Crippen LogP contribution in [0.5, 0.6) is 0 Å². The van der Waals surface area contributed by atoms with E-state index >= 15 is 0 Å². The van der Waals surface area contributed by atoms with Crippen molar-refractivity contribution >= 4 is 0 Å². The summed E-state index contributed by atoms with van der Waals surface area (Å²) in [6, 6.07) is 9.91. The van der Waals surface area contributed by atoms with Crippen molar-refractivity contribution < 1.29 is 0 Å². The van der Waals surface area contributed by atoms with Crippen molar-refractivity contribution in [2.24, 2.45) is 0 Å². The maximum absolute atomic E-state index is 4.04. The van der Waals surface area contributed by atoms with E-state index < -0.39 is 0 Å². The quantitative estimate of drug-likeness (QED) is 0.653. The van der Waals surface area contributed by atoms with Gasteiger partial charge in [-0.2, -0.15) is 0 Å². The van der Waals surface area contributed by atoms with Crippen LogP contribution in [0.25, 0.3) is 0 Å². The minimum Gasteiger partial charge on any atom is -0.262 e. The third-order valence-electron chi connectivity index (χ3n) is 1.86. The first kappa shape index (κ1) is 11.4. The molecule has 2 nitrogen and oxygen atoms in total. The highest BCUT2D eigenvalue weighted by atomic mass is 14.6. The van der Waals surface area contributed by atoms with Gasteiger partial charge in [0.1, 0.15) is 0 Å². The summed E-state index contributed by atoms with van der Waals surface area (Å²) in [5.74, 6) is 0. The summed E-state index contributed by atoms with van der Waals surface area (Å²) in [5.41, 5.74) is 3.44. The molecule has 78 valence electrons. The Morgan fingerprint density at radius 3 is 1.87 bits per heavy atom. The van der Waals surface area contributed by atoms with Gasteiger partial charge in [-0.15, -0.1) is 0 Å². The molecule has 2 rings (SSSR count). The Bertz CT molecular complexity index is 379. The molecule has 0 spiro atoms. The molecule has 0 N–H and O–H groups in total. The third-order valence-corrected chi connectivity index (χ3v) is 1.86. The van der Waals surface area contributed by atoms with Crippen molar-refractivity contribution in [1.29, 1.82) is 0 Å². The van der Waals surface area contributed by atoms with E-state index in [1.165, 1.54) is 5.56 Å². The van der Waals surface area contributed by atoms with Crippen molar-refractivity contribution in [1.82, 2.24) is 9.97 Å². The molecule has 0 amide bonds. The Hall–Kier alpha value is -1.70. The molecule has 2 aromatic rings. The summed E-state index contributed by atoms with van der Waals surface area (Å²) in [5, 5.41) is 0. The van der Waals surface area contributed by atoms with Crippen LogP contribution >= 0.6 is 0 Å². The number of pyridine rings is 2. The van der Waals surface area contributed by atoms with Gasteiger partial charge >= 0.3 is 0 Å². The Morgan fingerprint density at radius 1 is 0.800 bits per heavy atom. The Balaban J connectivity index is 0.000000151. The fraction of sp³-hybridized carbons (Fsp3) is 0.231. The molecule has 0 aliphatic heterocycles. The summed E-state index contributed by atoms with van der Waals surface area (Å²) < 4.78 is 0. The van der Waals surface area contributed by atoms with Crippen LogP contribution in [0.3, 0.4) is 0 Å². The Kier molecular flexibility index (Phi) is 4.48. The van der Waals surface area contributed by atoms with E-state index in [0.717, 1.165) is 11.4 Å². The average Bonchev–Trinajstić information content (AvgIpc) is 2.19. The second-order valence-corrected chi connectivity index (χ2v) is 3.45. The van der Waals surface area contributed by atoms with Crippen LogP contribution in [0.1, 0.15) is 17.0 Å². The lowest BCUT2D eigenvalue weighted by atomic mass is 10.3. The van der Waals surface area contributed by atoms with E-state index in [2.05, 4.69) is 23.0 Å². The average molecular weight is 200 g/mol. The summed E-state index contributed by atoms with van der Waals surface area (Å²) in [7, 11) is 0. The van der Waals surface area contributed by atoms with E-state index in [9.17, 15) is 0 Å². The standard InChI is InChI=1S/C7H9N.C6H7N/c1-6-3-4-8-7(2)5-6;1-6-4-2-3-5-7-6/h3-5H,1-2H3;2-5H,1H3. The summed E-state index contributed by atoms with van der Waals surface area (Å²) in [6.45, 7) is 6.03. The number of rotatable bonds is 0. The molecule has 0 bridgehead atoms. The molecule has 0 atom stereocenters. The Labute approximate surface area is 91.0 Å². The fourth-order valence-electron chi connectivity index (χ4n) is 1.14. The highest BCUT2D eigenvalue weighted by molar-refractivity contribution is 5.12. The molecular weight excluding hydrogens is 184 g/mol. The smallest absolute Gasteiger partial charge is 0.0375 e. The highest BCUT2D eigenvalue weighted by Crippen LogP contribution is 1.95. The van der Waals surface area contributed by atoms with Gasteiger partial charge in [-0.3, -0.25) is 9.97 Å². The van der Waals surface area contributed by atoms with Crippen molar-refractivity contribution in [2.75, 3.05) is 0 Å². The van der Waals surface area contributed by atoms with E-state index in [1.807, 2.05) is 44.3 Å². The van der Waals surface area contributed by atoms with E-state index in [4.69, 9.17) is 0 Å². The van der Waals surface area contributed by atoms with Crippen LogP contribution in [-0.4, -0.2) is 9.97 Å². The van der Waals surface area contributed by atoms with Gasteiger partial charge in [0, 0.05) is 23.8 Å². The van der Waals surface area contributed by atoms with Crippen molar-refractivity contribution in [3.63, 3.8) is 0 Å². The molecule has 0 unspecified atom stereocenters. The van der Waals surface area contributed by atoms with Gasteiger partial charge in [0.15, 0.2) is 0 Å². The molecule has 0 aliphatic rings. The third kappa shape index (κ3) is 4.91. The second kappa shape index (κ2) is 5.91. The van der Waals surface area contributed by atoms with Gasteiger partial charge in [-0.05, 0) is 50.6 Å². The molecule has 0 saturated carbocycles. The highest BCUT2D eigenvalue weighted by Gasteiger charge is 1.82. The first-order valence-corrected chi connectivity index (χ1v) is 4.95. The molecule has 2 heterocycles. The maximum atomic E-state index is 4.04. The molecule has 0 aromatic carbocycles. The molecule has 0 radical (unpaired) electrons. The number of aromatic nitrogens is 2. The number of nitrogens with zero attached hydrogens (tertiary/aromatic N) is 2.